The van der Waals surface area contributed by atoms with E-state index in [1.807, 2.05) is 23.9 Å². The van der Waals surface area contributed by atoms with Gasteiger partial charge in [0.1, 0.15) is 5.82 Å². The highest BCUT2D eigenvalue weighted by Gasteiger charge is 2.03. The Morgan fingerprint density at radius 1 is 1.31 bits per heavy atom. The monoisotopic (exact) mass is 241 g/mol. The molecule has 0 heterocycles. The molecular weight excluding hydrogens is 221 g/mol. The molecule has 0 aliphatic heterocycles. The zero-order chi connectivity index (χ0) is 11.8. The summed E-state index contributed by atoms with van der Waals surface area (Å²) in [4.78, 5) is 0. The van der Waals surface area contributed by atoms with Crippen molar-refractivity contribution >= 4 is 11.8 Å². The van der Waals surface area contributed by atoms with E-state index in [0.29, 0.717) is 6.04 Å². The average Bonchev–Trinajstić information content (AvgIpc) is 2.29. The maximum atomic E-state index is 12.7. The van der Waals surface area contributed by atoms with Crippen LogP contribution in [0.5, 0.6) is 0 Å². The quantitative estimate of drug-likeness (QED) is 0.732. The van der Waals surface area contributed by atoms with Gasteiger partial charge in [0.2, 0.25) is 0 Å². The average molecular weight is 241 g/mol. The zero-order valence-corrected chi connectivity index (χ0v) is 10.8. The Balaban J connectivity index is 2.24. The molecule has 3 heteroatoms. The van der Waals surface area contributed by atoms with E-state index in [0.717, 1.165) is 12.1 Å². The van der Waals surface area contributed by atoms with Crippen molar-refractivity contribution in [1.29, 1.82) is 0 Å². The Bertz CT molecular complexity index is 286. The SMILES string of the molecule is CCSCCCNC(C)c1ccc(F)cc1. The minimum Gasteiger partial charge on any atom is -0.310 e. The predicted octanol–water partition coefficient (Wildman–Crippen LogP) is 3.62. The van der Waals surface area contributed by atoms with Gasteiger partial charge in [0, 0.05) is 6.04 Å². The molecule has 1 unspecified atom stereocenters. The number of thioether (sulfide) groups is 1. The van der Waals surface area contributed by atoms with Crippen molar-refractivity contribution in [2.75, 3.05) is 18.1 Å². The number of benzene rings is 1. The van der Waals surface area contributed by atoms with Gasteiger partial charge in [-0.1, -0.05) is 19.1 Å². The first-order valence-electron chi connectivity index (χ1n) is 5.80. The first-order valence-corrected chi connectivity index (χ1v) is 6.96. The lowest BCUT2D eigenvalue weighted by Crippen LogP contribution is -2.20. The third-order valence-corrected chi connectivity index (χ3v) is 3.48. The van der Waals surface area contributed by atoms with E-state index < -0.39 is 0 Å². The van der Waals surface area contributed by atoms with Crippen LogP contribution < -0.4 is 5.32 Å². The number of hydrogen-bond donors (Lipinski definition) is 1. The van der Waals surface area contributed by atoms with Crippen LogP contribution >= 0.6 is 11.8 Å². The second kappa shape index (κ2) is 7.69. The second-order valence-corrected chi connectivity index (χ2v) is 5.17. The minimum atomic E-state index is -0.171. The van der Waals surface area contributed by atoms with Crippen molar-refractivity contribution in [2.24, 2.45) is 0 Å². The van der Waals surface area contributed by atoms with E-state index in [1.165, 1.54) is 30.1 Å². The summed E-state index contributed by atoms with van der Waals surface area (Å²) in [5.41, 5.74) is 1.14. The van der Waals surface area contributed by atoms with Crippen LogP contribution in [-0.2, 0) is 0 Å². The lowest BCUT2D eigenvalue weighted by molar-refractivity contribution is 0.569. The molecule has 1 aromatic rings. The Kier molecular flexibility index (Phi) is 6.50. The van der Waals surface area contributed by atoms with Crippen LogP contribution in [0.15, 0.2) is 24.3 Å². The molecule has 0 aromatic heterocycles. The molecule has 0 aliphatic rings. The topological polar surface area (TPSA) is 12.0 Å². The first kappa shape index (κ1) is 13.5. The molecule has 0 bridgehead atoms. The van der Waals surface area contributed by atoms with Crippen LogP contribution in [0, 0.1) is 5.82 Å². The first-order chi connectivity index (χ1) is 7.74. The summed E-state index contributed by atoms with van der Waals surface area (Å²) in [6.45, 7) is 5.31. The maximum Gasteiger partial charge on any atom is 0.123 e. The molecule has 1 nitrogen and oxygen atoms in total. The van der Waals surface area contributed by atoms with Gasteiger partial charge in [-0.2, -0.15) is 11.8 Å². The fraction of sp³-hybridized carbons (Fsp3) is 0.538. The number of rotatable bonds is 7. The van der Waals surface area contributed by atoms with Crippen molar-refractivity contribution in [3.05, 3.63) is 35.6 Å². The number of nitrogens with one attached hydrogen (secondary N) is 1. The van der Waals surface area contributed by atoms with Crippen molar-refractivity contribution in [3.63, 3.8) is 0 Å². The molecular formula is C13H20FNS. The molecule has 1 aromatic carbocycles. The summed E-state index contributed by atoms with van der Waals surface area (Å²) in [7, 11) is 0. The van der Waals surface area contributed by atoms with Gasteiger partial charge in [-0.05, 0) is 49.1 Å². The standard InChI is InChI=1S/C13H20FNS/c1-3-16-10-4-9-15-11(2)12-5-7-13(14)8-6-12/h5-8,11,15H,3-4,9-10H2,1-2H3. The predicted molar refractivity (Wildman–Crippen MR) is 70.4 cm³/mol. The number of halogens is 1. The maximum absolute atomic E-state index is 12.7. The van der Waals surface area contributed by atoms with Gasteiger partial charge >= 0.3 is 0 Å². The normalized spacial score (nSPS) is 12.7. The highest BCUT2D eigenvalue weighted by atomic mass is 32.2. The van der Waals surface area contributed by atoms with Gasteiger partial charge < -0.3 is 5.32 Å². The van der Waals surface area contributed by atoms with Crippen LogP contribution in [0.3, 0.4) is 0 Å². The third-order valence-electron chi connectivity index (χ3n) is 2.49. The Morgan fingerprint density at radius 2 is 2.00 bits per heavy atom. The fourth-order valence-corrected chi connectivity index (χ4v) is 2.14. The van der Waals surface area contributed by atoms with Gasteiger partial charge in [0.15, 0.2) is 0 Å². The van der Waals surface area contributed by atoms with Crippen molar-refractivity contribution in [2.45, 2.75) is 26.3 Å². The van der Waals surface area contributed by atoms with Crippen LogP contribution in [0.2, 0.25) is 0 Å². The molecule has 0 fully saturated rings. The van der Waals surface area contributed by atoms with Crippen LogP contribution in [0.4, 0.5) is 4.39 Å². The van der Waals surface area contributed by atoms with Gasteiger partial charge in [-0.15, -0.1) is 0 Å². The summed E-state index contributed by atoms with van der Waals surface area (Å²) in [5.74, 6) is 2.22. The van der Waals surface area contributed by atoms with Gasteiger partial charge in [-0.25, -0.2) is 4.39 Å². The van der Waals surface area contributed by atoms with Gasteiger partial charge in [-0.3, -0.25) is 0 Å². The Morgan fingerprint density at radius 3 is 2.62 bits per heavy atom. The second-order valence-electron chi connectivity index (χ2n) is 3.78. The van der Waals surface area contributed by atoms with E-state index in [4.69, 9.17) is 0 Å². The van der Waals surface area contributed by atoms with Crippen molar-refractivity contribution in [3.8, 4) is 0 Å². The Labute approximate surface area is 102 Å². The molecule has 0 aliphatic carbocycles. The highest BCUT2D eigenvalue weighted by molar-refractivity contribution is 7.99. The van der Waals surface area contributed by atoms with Crippen LogP contribution in [0.1, 0.15) is 31.9 Å². The fourth-order valence-electron chi connectivity index (χ4n) is 1.51. The minimum absolute atomic E-state index is 0.171. The summed E-state index contributed by atoms with van der Waals surface area (Å²) in [6, 6.07) is 7.01. The van der Waals surface area contributed by atoms with E-state index in [1.54, 1.807) is 0 Å². The molecule has 0 amide bonds. The molecule has 1 atom stereocenters. The molecule has 0 saturated heterocycles. The highest BCUT2D eigenvalue weighted by Crippen LogP contribution is 2.12. The van der Waals surface area contributed by atoms with Gasteiger partial charge in [0.25, 0.3) is 0 Å². The summed E-state index contributed by atoms with van der Waals surface area (Å²) in [5, 5.41) is 3.44. The van der Waals surface area contributed by atoms with E-state index >= 15 is 0 Å². The van der Waals surface area contributed by atoms with E-state index in [-0.39, 0.29) is 5.82 Å². The zero-order valence-electron chi connectivity index (χ0n) is 10.0. The lowest BCUT2D eigenvalue weighted by Gasteiger charge is -2.13. The number of hydrogen-bond acceptors (Lipinski definition) is 2. The molecule has 1 N–H and O–H groups in total. The summed E-state index contributed by atoms with van der Waals surface area (Å²) >= 11 is 1.97. The van der Waals surface area contributed by atoms with E-state index in [2.05, 4.69) is 19.2 Å². The van der Waals surface area contributed by atoms with E-state index in [9.17, 15) is 4.39 Å². The molecule has 0 radical (unpaired) electrons. The smallest absolute Gasteiger partial charge is 0.123 e. The summed E-state index contributed by atoms with van der Waals surface area (Å²) in [6.07, 6.45) is 1.18. The Hall–Kier alpha value is -0.540. The largest absolute Gasteiger partial charge is 0.310 e. The molecule has 0 saturated carbocycles. The van der Waals surface area contributed by atoms with Gasteiger partial charge in [0.05, 0.1) is 0 Å². The molecule has 16 heavy (non-hydrogen) atoms. The third kappa shape index (κ3) is 4.99. The van der Waals surface area contributed by atoms with Crippen LogP contribution in [0.25, 0.3) is 0 Å². The van der Waals surface area contributed by atoms with Crippen molar-refractivity contribution < 1.29 is 4.39 Å². The molecule has 90 valence electrons. The lowest BCUT2D eigenvalue weighted by atomic mass is 10.1. The van der Waals surface area contributed by atoms with Crippen molar-refractivity contribution in [1.82, 2.24) is 5.32 Å². The molecule has 0 spiro atoms. The van der Waals surface area contributed by atoms with Crippen LogP contribution in [-0.4, -0.2) is 18.1 Å². The molecule has 1 rings (SSSR count). The summed E-state index contributed by atoms with van der Waals surface area (Å²) < 4.78 is 12.7.